The summed E-state index contributed by atoms with van der Waals surface area (Å²) in [5.41, 5.74) is 2.18. The molecule has 0 spiro atoms. The van der Waals surface area contributed by atoms with E-state index in [0.29, 0.717) is 17.0 Å². The zero-order chi connectivity index (χ0) is 26.6. The number of rotatable bonds is 9. The number of alkyl halides is 3. The molecule has 1 N–H and O–H groups in total. The second-order valence-corrected chi connectivity index (χ2v) is 8.61. The molecule has 1 heterocycles. The third-order valence-electron chi connectivity index (χ3n) is 5.70. The first-order chi connectivity index (χ1) is 17.6. The van der Waals surface area contributed by atoms with Gasteiger partial charge in [-0.3, -0.25) is 4.79 Å². The second kappa shape index (κ2) is 11.0. The topological polar surface area (TPSA) is 65.4 Å². The summed E-state index contributed by atoms with van der Waals surface area (Å²) in [4.78, 5) is 12.1. The lowest BCUT2D eigenvalue weighted by Gasteiger charge is -2.27. The summed E-state index contributed by atoms with van der Waals surface area (Å²) in [5.74, 6) is -0.225. The van der Waals surface area contributed by atoms with Gasteiger partial charge in [-0.25, -0.2) is 9.07 Å². The Morgan fingerprint density at radius 2 is 1.76 bits per heavy atom. The number of fused-ring (bicyclic) bond motifs is 1. The molecule has 0 aliphatic rings. The number of nitrogens with one attached hydrogen (secondary N) is 1. The van der Waals surface area contributed by atoms with Crippen LogP contribution in [0, 0.1) is 5.82 Å². The predicted octanol–water partition coefficient (Wildman–Crippen LogP) is 5.54. The fourth-order valence-electron chi connectivity index (χ4n) is 4.04. The van der Waals surface area contributed by atoms with Gasteiger partial charge >= 0.3 is 6.18 Å². The van der Waals surface area contributed by atoms with Gasteiger partial charge in [0.1, 0.15) is 24.3 Å². The van der Waals surface area contributed by atoms with Gasteiger partial charge in [0.2, 0.25) is 5.91 Å². The lowest BCUT2D eigenvalue weighted by Crippen LogP contribution is -2.40. The lowest BCUT2D eigenvalue weighted by molar-refractivity contribution is -0.127. The number of benzene rings is 3. The molecule has 0 radical (unpaired) electrons. The van der Waals surface area contributed by atoms with Gasteiger partial charge in [0.05, 0.1) is 29.9 Å². The van der Waals surface area contributed by atoms with E-state index in [0.717, 1.165) is 10.9 Å². The van der Waals surface area contributed by atoms with Gasteiger partial charge in [0.15, 0.2) is 0 Å². The quantitative estimate of drug-likeness (QED) is 0.297. The molecule has 4 rings (SSSR count). The third kappa shape index (κ3) is 6.65. The highest BCUT2D eigenvalue weighted by molar-refractivity contribution is 5.82. The van der Waals surface area contributed by atoms with Gasteiger partial charge in [-0.2, -0.15) is 18.3 Å². The zero-order valence-electron chi connectivity index (χ0n) is 20.1. The highest BCUT2D eigenvalue weighted by Crippen LogP contribution is 2.30. The Balaban J connectivity index is 1.61. The summed E-state index contributed by atoms with van der Waals surface area (Å²) in [6, 6.07) is 16.7. The van der Waals surface area contributed by atoms with E-state index >= 15 is 0 Å². The number of amides is 1. The minimum atomic E-state index is -4.31. The van der Waals surface area contributed by atoms with Crippen molar-refractivity contribution in [1.82, 2.24) is 15.1 Å². The lowest BCUT2D eigenvalue weighted by atomic mass is 10.0. The van der Waals surface area contributed by atoms with Crippen molar-refractivity contribution in [3.05, 3.63) is 89.9 Å². The van der Waals surface area contributed by atoms with Crippen LogP contribution in [0.15, 0.2) is 72.9 Å². The summed E-state index contributed by atoms with van der Waals surface area (Å²) < 4.78 is 64.5. The molecule has 1 aromatic heterocycles. The van der Waals surface area contributed by atoms with E-state index in [4.69, 9.17) is 9.47 Å². The molecule has 0 aliphatic heterocycles. The largest absolute Gasteiger partial charge is 0.484 e. The van der Waals surface area contributed by atoms with Crippen LogP contribution >= 0.6 is 0 Å². The number of methoxy groups -OCH3 is 1. The first kappa shape index (κ1) is 26.2. The first-order valence-electron chi connectivity index (χ1n) is 11.5. The molecule has 0 aliphatic carbocycles. The Bertz CT molecular complexity index is 1350. The molecule has 0 fully saturated rings. The molecule has 6 nitrogen and oxygen atoms in total. The van der Waals surface area contributed by atoms with E-state index in [2.05, 4.69) is 10.4 Å². The van der Waals surface area contributed by atoms with Gasteiger partial charge in [0, 0.05) is 12.5 Å². The second-order valence-electron chi connectivity index (χ2n) is 8.61. The van der Waals surface area contributed by atoms with Crippen molar-refractivity contribution in [1.29, 1.82) is 0 Å². The molecule has 3 aromatic carbocycles. The van der Waals surface area contributed by atoms with Gasteiger partial charge in [-0.05, 0) is 60.5 Å². The summed E-state index contributed by atoms with van der Waals surface area (Å²) in [5, 5.41) is 7.95. The standard InChI is InChI=1S/C27H25F4N3O3/c1-17(33-25(35)16-36-2)26(19-5-3-18(4-6-19)14-27(29,30)31)37-23-11-12-24-20(13-23)15-32-34(24)22-9-7-21(28)8-10-22/h3-13,15,17,26H,14,16H2,1-2H3,(H,33,35)/t17-,26-/m0/s1. The summed E-state index contributed by atoms with van der Waals surface area (Å²) in [7, 11) is 1.40. The Morgan fingerprint density at radius 3 is 2.41 bits per heavy atom. The van der Waals surface area contributed by atoms with E-state index in [1.165, 1.54) is 31.4 Å². The average Bonchev–Trinajstić information content (AvgIpc) is 3.26. The Labute approximate surface area is 210 Å². The Morgan fingerprint density at radius 1 is 1.05 bits per heavy atom. The van der Waals surface area contributed by atoms with Gasteiger partial charge in [-0.1, -0.05) is 24.3 Å². The number of halogens is 4. The van der Waals surface area contributed by atoms with Crippen molar-refractivity contribution < 1.29 is 31.8 Å². The molecule has 0 bridgehead atoms. The van der Waals surface area contributed by atoms with Gasteiger partial charge in [0.25, 0.3) is 0 Å². The van der Waals surface area contributed by atoms with Crippen molar-refractivity contribution >= 4 is 16.8 Å². The normalized spacial score (nSPS) is 13.4. The van der Waals surface area contributed by atoms with E-state index < -0.39 is 24.7 Å². The van der Waals surface area contributed by atoms with Crippen molar-refractivity contribution in [2.24, 2.45) is 0 Å². The number of hydrogen-bond donors (Lipinski definition) is 1. The number of nitrogens with zero attached hydrogens (tertiary/aromatic N) is 2. The molecule has 0 saturated carbocycles. The fourth-order valence-corrected chi connectivity index (χ4v) is 4.04. The van der Waals surface area contributed by atoms with Crippen LogP contribution in [-0.2, 0) is 16.0 Å². The van der Waals surface area contributed by atoms with Crippen LogP contribution in [0.5, 0.6) is 5.75 Å². The van der Waals surface area contributed by atoms with Crippen LogP contribution in [0.4, 0.5) is 17.6 Å². The highest BCUT2D eigenvalue weighted by Gasteiger charge is 2.28. The minimum absolute atomic E-state index is 0.126. The highest BCUT2D eigenvalue weighted by atomic mass is 19.4. The molecule has 2 atom stereocenters. The maximum absolute atomic E-state index is 13.3. The van der Waals surface area contributed by atoms with Crippen LogP contribution in [-0.4, -0.2) is 41.6 Å². The van der Waals surface area contributed by atoms with E-state index in [-0.39, 0.29) is 23.9 Å². The third-order valence-corrected chi connectivity index (χ3v) is 5.70. The molecule has 37 heavy (non-hydrogen) atoms. The summed E-state index contributed by atoms with van der Waals surface area (Å²) in [6.07, 6.45) is -4.40. The fraction of sp³-hybridized carbons (Fsp3) is 0.259. The Hall–Kier alpha value is -3.92. The number of ether oxygens (including phenoxy) is 2. The molecule has 1 amide bonds. The monoisotopic (exact) mass is 515 g/mol. The van der Waals surface area contributed by atoms with E-state index in [9.17, 15) is 22.4 Å². The van der Waals surface area contributed by atoms with Crippen LogP contribution in [0.25, 0.3) is 16.6 Å². The van der Waals surface area contributed by atoms with Crippen LogP contribution in [0.2, 0.25) is 0 Å². The van der Waals surface area contributed by atoms with Crippen LogP contribution in [0.1, 0.15) is 24.2 Å². The molecule has 10 heteroatoms. The minimum Gasteiger partial charge on any atom is -0.484 e. The molecule has 0 unspecified atom stereocenters. The number of hydrogen-bond acceptors (Lipinski definition) is 4. The Kier molecular flexibility index (Phi) is 7.77. The van der Waals surface area contributed by atoms with Crippen molar-refractivity contribution in [3.8, 4) is 11.4 Å². The van der Waals surface area contributed by atoms with Gasteiger partial charge < -0.3 is 14.8 Å². The van der Waals surface area contributed by atoms with E-state index in [1.807, 2.05) is 0 Å². The first-order valence-corrected chi connectivity index (χ1v) is 11.5. The maximum atomic E-state index is 13.3. The average molecular weight is 516 g/mol. The summed E-state index contributed by atoms with van der Waals surface area (Å²) in [6.45, 7) is 1.60. The molecular weight excluding hydrogens is 490 g/mol. The SMILES string of the molecule is COCC(=O)N[C@@H](C)[C@H](Oc1ccc2c(cnn2-c2ccc(F)cc2)c1)c1ccc(CC(F)(F)F)cc1. The van der Waals surface area contributed by atoms with Crippen molar-refractivity contribution in [2.45, 2.75) is 31.7 Å². The molecule has 194 valence electrons. The molecular formula is C27H25F4N3O3. The zero-order valence-corrected chi connectivity index (χ0v) is 20.1. The van der Waals surface area contributed by atoms with Gasteiger partial charge in [-0.15, -0.1) is 0 Å². The molecule has 0 saturated heterocycles. The number of carbonyl (C=O) groups is 1. The predicted molar refractivity (Wildman–Crippen MR) is 130 cm³/mol. The summed E-state index contributed by atoms with van der Waals surface area (Å²) >= 11 is 0. The van der Waals surface area contributed by atoms with E-state index in [1.54, 1.807) is 60.3 Å². The number of carbonyl (C=O) groups excluding carboxylic acids is 1. The smallest absolute Gasteiger partial charge is 0.393 e. The maximum Gasteiger partial charge on any atom is 0.393 e. The number of aromatic nitrogens is 2. The van der Waals surface area contributed by atoms with Crippen LogP contribution < -0.4 is 10.1 Å². The van der Waals surface area contributed by atoms with Crippen molar-refractivity contribution in [3.63, 3.8) is 0 Å². The van der Waals surface area contributed by atoms with Crippen LogP contribution in [0.3, 0.4) is 0 Å². The van der Waals surface area contributed by atoms with Crippen molar-refractivity contribution in [2.75, 3.05) is 13.7 Å². The molecule has 4 aromatic rings.